The van der Waals surface area contributed by atoms with E-state index >= 15 is 0 Å². The smallest absolute Gasteiger partial charge is 0.313 e. The number of methoxy groups -OCH3 is 1. The molecule has 0 heterocycles. The van der Waals surface area contributed by atoms with Gasteiger partial charge in [0.15, 0.2) is 0 Å². The number of rotatable bonds is 6. The van der Waals surface area contributed by atoms with Gasteiger partial charge in [-0.3, -0.25) is 4.79 Å². The number of aryl methyl sites for hydroxylation is 1. The molecule has 2 aromatic carbocycles. The second kappa shape index (κ2) is 7.73. The summed E-state index contributed by atoms with van der Waals surface area (Å²) in [7, 11) is -0.0809. The average molecular weight is 345 g/mol. The summed E-state index contributed by atoms with van der Waals surface area (Å²) in [5.74, 6) is -0.357. The Labute approximate surface area is 145 Å². The molecule has 128 valence electrons. The van der Waals surface area contributed by atoms with Gasteiger partial charge in [0, 0.05) is 0 Å². The summed E-state index contributed by atoms with van der Waals surface area (Å²) in [5, 5.41) is 0. The number of hydrogen-bond donors (Lipinski definition) is 1. The van der Waals surface area contributed by atoms with Crippen LogP contribution in [0.4, 0.5) is 0 Å². The van der Waals surface area contributed by atoms with Crippen LogP contribution in [0.25, 0.3) is 0 Å². The molecule has 1 N–H and O–H groups in total. The largest absolute Gasteiger partial charge is 0.469 e. The van der Waals surface area contributed by atoms with Gasteiger partial charge in [-0.2, -0.15) is 0 Å². The van der Waals surface area contributed by atoms with Crippen molar-refractivity contribution in [3.8, 4) is 0 Å². The molecule has 0 aliphatic heterocycles. The van der Waals surface area contributed by atoms with Gasteiger partial charge in [0.05, 0.1) is 23.5 Å². The quantitative estimate of drug-likeness (QED) is 0.815. The lowest BCUT2D eigenvalue weighted by molar-refractivity contribution is -0.152. The van der Waals surface area contributed by atoms with E-state index in [0.29, 0.717) is 4.90 Å². The Bertz CT molecular complexity index is 711. The van der Waals surface area contributed by atoms with Crippen LogP contribution in [0.3, 0.4) is 0 Å². The summed E-state index contributed by atoms with van der Waals surface area (Å²) >= 11 is 0. The summed E-state index contributed by atoms with van der Waals surface area (Å²) in [6.45, 7) is 5.55. The SMILES string of the molecule is COC(=O)C(C)(C)[C@H](N[S@@](=O)c1ccc(C)cc1)c1ccccc1. The van der Waals surface area contributed by atoms with Crippen molar-refractivity contribution < 1.29 is 13.7 Å². The summed E-state index contributed by atoms with van der Waals surface area (Å²) in [6.07, 6.45) is 0. The standard InChI is InChI=1S/C19H23NO3S/c1-14-10-12-16(13-11-14)24(22)20-17(15-8-6-5-7-9-15)19(2,3)18(21)23-4/h5-13,17,20H,1-4H3/t17-,24+/m1/s1. The molecule has 0 saturated carbocycles. The number of hydrogen-bond acceptors (Lipinski definition) is 3. The maximum absolute atomic E-state index is 12.7. The van der Waals surface area contributed by atoms with Crippen molar-refractivity contribution in [1.29, 1.82) is 0 Å². The fourth-order valence-corrected chi connectivity index (χ4v) is 3.66. The van der Waals surface area contributed by atoms with E-state index in [-0.39, 0.29) is 5.97 Å². The molecule has 0 fully saturated rings. The lowest BCUT2D eigenvalue weighted by Gasteiger charge is -2.32. The first-order valence-electron chi connectivity index (χ1n) is 7.74. The summed E-state index contributed by atoms with van der Waals surface area (Å²) < 4.78 is 20.8. The van der Waals surface area contributed by atoms with E-state index in [1.165, 1.54) is 7.11 Å². The van der Waals surface area contributed by atoms with E-state index in [0.717, 1.165) is 11.1 Å². The van der Waals surface area contributed by atoms with E-state index in [1.54, 1.807) is 13.8 Å². The van der Waals surface area contributed by atoms with Crippen LogP contribution in [0.1, 0.15) is 31.0 Å². The van der Waals surface area contributed by atoms with E-state index < -0.39 is 22.4 Å². The number of carbonyl (C=O) groups is 1. The van der Waals surface area contributed by atoms with Gasteiger partial charge in [-0.15, -0.1) is 0 Å². The van der Waals surface area contributed by atoms with Gasteiger partial charge >= 0.3 is 5.97 Å². The van der Waals surface area contributed by atoms with E-state index in [9.17, 15) is 9.00 Å². The van der Waals surface area contributed by atoms with Crippen molar-refractivity contribution in [1.82, 2.24) is 4.72 Å². The first-order valence-corrected chi connectivity index (χ1v) is 8.89. The topological polar surface area (TPSA) is 55.4 Å². The zero-order valence-electron chi connectivity index (χ0n) is 14.4. The van der Waals surface area contributed by atoms with E-state index in [1.807, 2.05) is 61.5 Å². The zero-order valence-corrected chi connectivity index (χ0v) is 15.2. The number of esters is 1. The molecule has 0 radical (unpaired) electrons. The molecule has 0 spiro atoms. The normalized spacial score (nSPS) is 14.0. The van der Waals surface area contributed by atoms with Crippen LogP contribution in [0, 0.1) is 12.3 Å². The van der Waals surface area contributed by atoms with Crippen molar-refractivity contribution in [2.45, 2.75) is 31.7 Å². The Morgan fingerprint density at radius 1 is 1.08 bits per heavy atom. The summed E-state index contributed by atoms with van der Waals surface area (Å²) in [5.41, 5.74) is 1.11. The van der Waals surface area contributed by atoms with Gasteiger partial charge in [-0.25, -0.2) is 8.93 Å². The number of benzene rings is 2. The molecule has 0 aromatic heterocycles. The number of nitrogens with one attached hydrogen (secondary N) is 1. The summed E-state index contributed by atoms with van der Waals surface area (Å²) in [4.78, 5) is 12.9. The lowest BCUT2D eigenvalue weighted by atomic mass is 9.81. The third-order valence-electron chi connectivity index (χ3n) is 4.03. The van der Waals surface area contributed by atoms with Crippen LogP contribution in [0.15, 0.2) is 59.5 Å². The second-order valence-electron chi connectivity index (χ2n) is 6.26. The van der Waals surface area contributed by atoms with Crippen LogP contribution in [-0.2, 0) is 20.5 Å². The molecule has 0 aliphatic rings. The first-order chi connectivity index (χ1) is 11.4. The van der Waals surface area contributed by atoms with Gasteiger partial charge in [-0.1, -0.05) is 48.0 Å². The molecule has 2 rings (SSSR count). The van der Waals surface area contributed by atoms with E-state index in [4.69, 9.17) is 4.74 Å². The van der Waals surface area contributed by atoms with E-state index in [2.05, 4.69) is 4.72 Å². The number of ether oxygens (including phenoxy) is 1. The van der Waals surface area contributed by atoms with Crippen molar-refractivity contribution in [2.75, 3.05) is 7.11 Å². The van der Waals surface area contributed by atoms with Crippen molar-refractivity contribution in [2.24, 2.45) is 5.41 Å². The predicted octanol–water partition coefficient (Wildman–Crippen LogP) is 3.55. The molecule has 0 aliphatic carbocycles. The Kier molecular flexibility index (Phi) is 5.91. The molecular weight excluding hydrogens is 322 g/mol. The molecule has 5 heteroatoms. The minimum atomic E-state index is -1.45. The second-order valence-corrected chi connectivity index (χ2v) is 7.50. The fraction of sp³-hybridized carbons (Fsp3) is 0.316. The molecule has 0 saturated heterocycles. The maximum atomic E-state index is 12.7. The zero-order chi connectivity index (χ0) is 17.7. The van der Waals surface area contributed by atoms with Crippen LogP contribution in [0.5, 0.6) is 0 Å². The molecule has 0 amide bonds. The number of carbonyl (C=O) groups excluding carboxylic acids is 1. The average Bonchev–Trinajstić information content (AvgIpc) is 2.59. The molecule has 0 bridgehead atoms. The first kappa shape index (κ1) is 18.4. The third-order valence-corrected chi connectivity index (χ3v) is 5.18. The van der Waals surface area contributed by atoms with Crippen molar-refractivity contribution >= 4 is 17.0 Å². The molecule has 2 atom stereocenters. The van der Waals surface area contributed by atoms with Crippen LogP contribution < -0.4 is 4.72 Å². The van der Waals surface area contributed by atoms with Crippen LogP contribution >= 0.6 is 0 Å². The van der Waals surface area contributed by atoms with Gasteiger partial charge < -0.3 is 4.74 Å². The Balaban J connectivity index is 2.34. The van der Waals surface area contributed by atoms with Gasteiger partial charge in [0.1, 0.15) is 11.0 Å². The van der Waals surface area contributed by atoms with Gasteiger partial charge in [0.2, 0.25) is 0 Å². The minimum Gasteiger partial charge on any atom is -0.469 e. The Hall–Kier alpha value is -1.98. The highest BCUT2D eigenvalue weighted by Gasteiger charge is 2.39. The maximum Gasteiger partial charge on any atom is 0.313 e. The van der Waals surface area contributed by atoms with Gasteiger partial charge in [-0.05, 0) is 38.5 Å². The van der Waals surface area contributed by atoms with Crippen molar-refractivity contribution in [3.05, 3.63) is 65.7 Å². The van der Waals surface area contributed by atoms with Crippen molar-refractivity contribution in [3.63, 3.8) is 0 Å². The predicted molar refractivity (Wildman–Crippen MR) is 95.7 cm³/mol. The minimum absolute atomic E-state index is 0.357. The molecule has 24 heavy (non-hydrogen) atoms. The highest BCUT2D eigenvalue weighted by Crippen LogP contribution is 2.35. The highest BCUT2D eigenvalue weighted by molar-refractivity contribution is 7.83. The molecule has 4 nitrogen and oxygen atoms in total. The lowest BCUT2D eigenvalue weighted by Crippen LogP contribution is -2.41. The molecule has 2 aromatic rings. The highest BCUT2D eigenvalue weighted by atomic mass is 32.2. The Morgan fingerprint density at radius 2 is 1.67 bits per heavy atom. The van der Waals surface area contributed by atoms with Crippen LogP contribution in [0.2, 0.25) is 0 Å². The summed E-state index contributed by atoms with van der Waals surface area (Å²) in [6, 6.07) is 16.5. The monoisotopic (exact) mass is 345 g/mol. The molecular formula is C19H23NO3S. The molecule has 0 unspecified atom stereocenters. The fourth-order valence-electron chi connectivity index (χ4n) is 2.50. The van der Waals surface area contributed by atoms with Crippen LogP contribution in [-0.4, -0.2) is 17.3 Å². The third kappa shape index (κ3) is 4.10. The van der Waals surface area contributed by atoms with Gasteiger partial charge in [0.25, 0.3) is 0 Å². The Morgan fingerprint density at radius 3 is 2.21 bits per heavy atom.